The Bertz CT molecular complexity index is 1110. The van der Waals surface area contributed by atoms with Gasteiger partial charge in [0.15, 0.2) is 0 Å². The molecular formula is C28H30N2O4. The second-order valence-corrected chi connectivity index (χ2v) is 8.44. The molecule has 0 aromatic heterocycles. The lowest BCUT2D eigenvalue weighted by molar-refractivity contribution is -0.138. The third-order valence-corrected chi connectivity index (χ3v) is 6.28. The number of ether oxygens (including phenoxy) is 2. The number of hydrogen-bond donors (Lipinski definition) is 1. The molecule has 0 radical (unpaired) electrons. The van der Waals surface area contributed by atoms with Crippen LogP contribution in [-0.2, 0) is 33.8 Å². The van der Waals surface area contributed by atoms with Gasteiger partial charge >= 0.3 is 5.97 Å². The van der Waals surface area contributed by atoms with Crippen LogP contribution in [0.3, 0.4) is 0 Å². The number of carbonyl (C=O) groups is 2. The second kappa shape index (κ2) is 11.1. The number of esters is 1. The van der Waals surface area contributed by atoms with Crippen molar-refractivity contribution in [2.45, 2.75) is 31.6 Å². The Kier molecular flexibility index (Phi) is 7.72. The molecule has 0 fully saturated rings. The molecule has 176 valence electrons. The molecule has 1 amide bonds. The van der Waals surface area contributed by atoms with Crippen LogP contribution in [0.2, 0.25) is 0 Å². The Labute approximate surface area is 200 Å². The Hall–Kier alpha value is -3.48. The minimum absolute atomic E-state index is 0.0254. The average Bonchev–Trinajstić information content (AvgIpc) is 2.90. The van der Waals surface area contributed by atoms with Gasteiger partial charge in [0.2, 0.25) is 5.91 Å². The number of rotatable bonds is 8. The number of hydrogen-bond acceptors (Lipinski definition) is 5. The van der Waals surface area contributed by atoms with Crippen molar-refractivity contribution >= 4 is 11.9 Å². The fourth-order valence-electron chi connectivity index (χ4n) is 4.43. The molecule has 0 bridgehead atoms. The van der Waals surface area contributed by atoms with Crippen molar-refractivity contribution in [1.29, 1.82) is 0 Å². The maximum atomic E-state index is 14.0. The summed E-state index contributed by atoms with van der Waals surface area (Å²) in [5.41, 5.74) is 4.85. The molecule has 0 saturated heterocycles. The van der Waals surface area contributed by atoms with Crippen molar-refractivity contribution in [3.05, 3.63) is 107 Å². The number of benzene rings is 3. The van der Waals surface area contributed by atoms with Crippen LogP contribution in [0.15, 0.2) is 78.9 Å². The van der Waals surface area contributed by atoms with Gasteiger partial charge in [0.05, 0.1) is 31.4 Å². The van der Waals surface area contributed by atoms with E-state index in [0.29, 0.717) is 31.7 Å². The van der Waals surface area contributed by atoms with Crippen LogP contribution in [0.4, 0.5) is 0 Å². The number of amides is 1. The maximum Gasteiger partial charge on any atom is 0.337 e. The van der Waals surface area contributed by atoms with Gasteiger partial charge < -0.3 is 19.7 Å². The zero-order chi connectivity index (χ0) is 23.9. The predicted octanol–water partition coefficient (Wildman–Crippen LogP) is 3.90. The molecular weight excluding hydrogens is 428 g/mol. The summed E-state index contributed by atoms with van der Waals surface area (Å²) in [6.45, 7) is 1.43. The first-order valence-corrected chi connectivity index (χ1v) is 11.4. The van der Waals surface area contributed by atoms with Gasteiger partial charge in [-0.15, -0.1) is 0 Å². The highest BCUT2D eigenvalue weighted by Crippen LogP contribution is 2.27. The van der Waals surface area contributed by atoms with Crippen molar-refractivity contribution in [2.24, 2.45) is 0 Å². The second-order valence-electron chi connectivity index (χ2n) is 8.44. The van der Waals surface area contributed by atoms with Crippen molar-refractivity contribution < 1.29 is 19.1 Å². The van der Waals surface area contributed by atoms with Crippen molar-refractivity contribution in [3.8, 4) is 0 Å². The minimum atomic E-state index is -0.383. The van der Waals surface area contributed by atoms with Gasteiger partial charge in [0.25, 0.3) is 0 Å². The van der Waals surface area contributed by atoms with E-state index in [1.165, 1.54) is 18.2 Å². The normalized spacial score (nSPS) is 15.8. The first kappa shape index (κ1) is 23.7. The third-order valence-electron chi connectivity index (χ3n) is 6.28. The Morgan fingerprint density at radius 2 is 1.62 bits per heavy atom. The van der Waals surface area contributed by atoms with Crippen LogP contribution < -0.4 is 5.32 Å². The van der Waals surface area contributed by atoms with Crippen LogP contribution in [0.25, 0.3) is 0 Å². The highest BCUT2D eigenvalue weighted by atomic mass is 16.5. The third kappa shape index (κ3) is 5.35. The fourth-order valence-corrected chi connectivity index (χ4v) is 4.43. The van der Waals surface area contributed by atoms with E-state index in [-0.39, 0.29) is 24.0 Å². The summed E-state index contributed by atoms with van der Waals surface area (Å²) >= 11 is 0. The van der Waals surface area contributed by atoms with E-state index < -0.39 is 0 Å². The molecule has 3 aromatic rings. The van der Waals surface area contributed by atoms with Gasteiger partial charge in [0.1, 0.15) is 0 Å². The first-order valence-electron chi connectivity index (χ1n) is 11.4. The lowest BCUT2D eigenvalue weighted by Crippen LogP contribution is -2.50. The largest absolute Gasteiger partial charge is 0.465 e. The van der Waals surface area contributed by atoms with E-state index in [9.17, 15) is 9.59 Å². The maximum absolute atomic E-state index is 14.0. The molecule has 6 nitrogen and oxygen atoms in total. The zero-order valence-electron chi connectivity index (χ0n) is 19.6. The van der Waals surface area contributed by atoms with Gasteiger partial charge in [-0.1, -0.05) is 66.7 Å². The van der Waals surface area contributed by atoms with E-state index >= 15 is 0 Å². The van der Waals surface area contributed by atoms with E-state index in [2.05, 4.69) is 17.4 Å². The van der Waals surface area contributed by atoms with Crippen LogP contribution >= 0.6 is 0 Å². The van der Waals surface area contributed by atoms with E-state index in [0.717, 1.165) is 11.1 Å². The van der Waals surface area contributed by atoms with Crippen LogP contribution in [0.5, 0.6) is 0 Å². The fraction of sp³-hybridized carbons (Fsp3) is 0.286. The quantitative estimate of drug-likeness (QED) is 0.519. The van der Waals surface area contributed by atoms with E-state index in [1.807, 2.05) is 59.5 Å². The molecule has 6 heteroatoms. The van der Waals surface area contributed by atoms with Gasteiger partial charge in [-0.3, -0.25) is 4.79 Å². The molecule has 0 saturated carbocycles. The molecule has 2 atom stereocenters. The number of methoxy groups -OCH3 is 2. The molecule has 1 heterocycles. The molecule has 34 heavy (non-hydrogen) atoms. The molecule has 0 aliphatic carbocycles. The smallest absolute Gasteiger partial charge is 0.337 e. The summed E-state index contributed by atoms with van der Waals surface area (Å²) in [5.74, 6) is -0.358. The monoisotopic (exact) mass is 458 g/mol. The van der Waals surface area contributed by atoms with Gasteiger partial charge in [-0.25, -0.2) is 4.79 Å². The summed E-state index contributed by atoms with van der Waals surface area (Å²) < 4.78 is 10.4. The molecule has 2 unspecified atom stereocenters. The number of nitrogens with zero attached hydrogens (tertiary/aromatic N) is 1. The van der Waals surface area contributed by atoms with Gasteiger partial charge in [-0.2, -0.15) is 0 Å². The molecule has 0 spiro atoms. The molecule has 1 aliphatic rings. The summed E-state index contributed by atoms with van der Waals surface area (Å²) in [6.07, 6.45) is 0.640. The highest BCUT2D eigenvalue weighted by molar-refractivity contribution is 5.89. The van der Waals surface area contributed by atoms with Crippen molar-refractivity contribution in [1.82, 2.24) is 10.2 Å². The number of nitrogens with one attached hydrogen (secondary N) is 1. The van der Waals surface area contributed by atoms with E-state index in [1.54, 1.807) is 19.2 Å². The topological polar surface area (TPSA) is 67.9 Å². The van der Waals surface area contributed by atoms with Gasteiger partial charge in [-0.05, 0) is 40.8 Å². The average molecular weight is 459 g/mol. The molecule has 1 N–H and O–H groups in total. The molecule has 1 aliphatic heterocycles. The molecule has 3 aromatic carbocycles. The minimum Gasteiger partial charge on any atom is -0.465 e. The molecule has 4 rings (SSSR count). The number of fused-ring (bicyclic) bond motifs is 1. The summed E-state index contributed by atoms with van der Waals surface area (Å²) in [7, 11) is 3.01. The van der Waals surface area contributed by atoms with E-state index in [4.69, 9.17) is 9.47 Å². The summed E-state index contributed by atoms with van der Waals surface area (Å²) in [6, 6.07) is 24.8. The Morgan fingerprint density at radius 3 is 2.29 bits per heavy atom. The standard InChI is InChI=1S/C28H30N2O4/c1-33-19-26(21-8-4-3-5-9-21)30(18-20-12-14-22(15-13-20)28(32)34-2)27(31)25-16-23-10-6-7-11-24(23)17-29-25/h3-15,25-26,29H,16-19H2,1-2H3. The number of carbonyl (C=O) groups excluding carboxylic acids is 2. The zero-order valence-corrected chi connectivity index (χ0v) is 19.6. The first-order chi connectivity index (χ1) is 16.6. The Balaban J connectivity index is 1.64. The summed E-state index contributed by atoms with van der Waals surface area (Å²) in [5, 5.41) is 3.43. The highest BCUT2D eigenvalue weighted by Gasteiger charge is 2.33. The summed E-state index contributed by atoms with van der Waals surface area (Å²) in [4.78, 5) is 27.7. The predicted molar refractivity (Wildman–Crippen MR) is 130 cm³/mol. The van der Waals surface area contributed by atoms with Gasteiger partial charge in [0, 0.05) is 20.2 Å². The lowest BCUT2D eigenvalue weighted by Gasteiger charge is -2.36. The van der Waals surface area contributed by atoms with Crippen LogP contribution in [0, 0.1) is 0 Å². The Morgan fingerprint density at radius 1 is 0.941 bits per heavy atom. The van der Waals surface area contributed by atoms with Crippen LogP contribution in [0.1, 0.15) is 38.7 Å². The SMILES string of the molecule is COCC(c1ccccc1)N(Cc1ccc(C(=O)OC)cc1)C(=O)C1Cc2ccccc2CN1. The van der Waals surface area contributed by atoms with Crippen LogP contribution in [-0.4, -0.2) is 43.6 Å². The lowest BCUT2D eigenvalue weighted by atomic mass is 9.94. The van der Waals surface area contributed by atoms with Crippen molar-refractivity contribution in [3.63, 3.8) is 0 Å². The van der Waals surface area contributed by atoms with Crippen molar-refractivity contribution in [2.75, 3.05) is 20.8 Å².